The summed E-state index contributed by atoms with van der Waals surface area (Å²) in [6.07, 6.45) is 3.37. The fraction of sp³-hybridized carbons (Fsp3) is 0.167. The summed E-state index contributed by atoms with van der Waals surface area (Å²) in [4.78, 5) is 8.27. The maximum Gasteiger partial charge on any atom is 0.227 e. The number of ether oxygens (including phenoxy) is 1. The summed E-state index contributed by atoms with van der Waals surface area (Å²) in [5.41, 5.74) is 6.25. The quantitative estimate of drug-likeness (QED) is 0.887. The summed E-state index contributed by atoms with van der Waals surface area (Å²) in [5.74, 6) is 1.30. The summed E-state index contributed by atoms with van der Waals surface area (Å²) >= 11 is 3.29. The summed E-state index contributed by atoms with van der Waals surface area (Å²) < 4.78 is 6.28. The number of aromatic nitrogens is 2. The van der Waals surface area contributed by atoms with Crippen molar-refractivity contribution in [2.75, 3.05) is 18.5 Å². The molecule has 0 saturated carbocycles. The number of anilines is 2. The molecule has 0 aliphatic carbocycles. The average Bonchev–Trinajstić information content (AvgIpc) is 2.40. The third-order valence-corrected chi connectivity index (χ3v) is 2.51. The first-order chi connectivity index (χ1) is 8.78. The lowest BCUT2D eigenvalue weighted by molar-refractivity contribution is 0.328. The molecule has 3 N–H and O–H groups in total. The van der Waals surface area contributed by atoms with Crippen LogP contribution >= 0.6 is 15.9 Å². The van der Waals surface area contributed by atoms with Gasteiger partial charge in [-0.15, -0.1) is 0 Å². The van der Waals surface area contributed by atoms with Crippen molar-refractivity contribution in [3.8, 4) is 5.75 Å². The van der Waals surface area contributed by atoms with Crippen LogP contribution in [0.1, 0.15) is 0 Å². The van der Waals surface area contributed by atoms with Crippen LogP contribution in [0.15, 0.2) is 41.1 Å². The van der Waals surface area contributed by atoms with E-state index in [0.29, 0.717) is 19.1 Å². The minimum Gasteiger partial charge on any atom is -0.492 e. The number of halogens is 1. The molecule has 6 heteroatoms. The SMILES string of the molecule is NCCOc1cccc(Nc2ncc(Br)cn2)c1. The van der Waals surface area contributed by atoms with E-state index in [0.717, 1.165) is 15.9 Å². The van der Waals surface area contributed by atoms with Crippen LogP contribution < -0.4 is 15.8 Å². The van der Waals surface area contributed by atoms with Crippen molar-refractivity contribution in [2.24, 2.45) is 5.73 Å². The zero-order valence-electron chi connectivity index (χ0n) is 9.64. The topological polar surface area (TPSA) is 73.1 Å². The van der Waals surface area contributed by atoms with Crippen molar-refractivity contribution in [2.45, 2.75) is 0 Å². The highest BCUT2D eigenvalue weighted by atomic mass is 79.9. The number of rotatable bonds is 5. The first-order valence-corrected chi connectivity index (χ1v) is 6.25. The molecule has 2 rings (SSSR count). The van der Waals surface area contributed by atoms with Crippen LogP contribution in [0.4, 0.5) is 11.6 Å². The summed E-state index contributed by atoms with van der Waals surface area (Å²) in [7, 11) is 0. The summed E-state index contributed by atoms with van der Waals surface area (Å²) in [6, 6.07) is 7.57. The zero-order chi connectivity index (χ0) is 12.8. The van der Waals surface area contributed by atoms with Crippen molar-refractivity contribution < 1.29 is 4.74 Å². The van der Waals surface area contributed by atoms with Gasteiger partial charge in [-0.3, -0.25) is 0 Å². The lowest BCUT2D eigenvalue weighted by atomic mass is 10.3. The first kappa shape index (κ1) is 12.8. The molecule has 1 heterocycles. The highest BCUT2D eigenvalue weighted by Gasteiger charge is 1.99. The maximum absolute atomic E-state index is 5.44. The molecule has 0 unspecified atom stereocenters. The Labute approximate surface area is 114 Å². The van der Waals surface area contributed by atoms with Crippen LogP contribution in [-0.4, -0.2) is 23.1 Å². The van der Waals surface area contributed by atoms with Gasteiger partial charge in [0.2, 0.25) is 5.95 Å². The van der Waals surface area contributed by atoms with E-state index >= 15 is 0 Å². The van der Waals surface area contributed by atoms with Crippen LogP contribution in [0.2, 0.25) is 0 Å². The van der Waals surface area contributed by atoms with Crippen LogP contribution in [0, 0.1) is 0 Å². The molecule has 0 fully saturated rings. The average molecular weight is 309 g/mol. The lowest BCUT2D eigenvalue weighted by Crippen LogP contribution is -2.10. The standard InChI is InChI=1S/C12H13BrN4O/c13-9-7-15-12(16-8-9)17-10-2-1-3-11(6-10)18-5-4-14/h1-3,6-8H,4-5,14H2,(H,15,16,17). The van der Waals surface area contributed by atoms with Gasteiger partial charge in [-0.1, -0.05) is 6.07 Å². The molecule has 94 valence electrons. The number of nitrogens with one attached hydrogen (secondary N) is 1. The molecule has 1 aromatic heterocycles. The van der Waals surface area contributed by atoms with Gasteiger partial charge in [-0.05, 0) is 28.1 Å². The number of benzene rings is 1. The van der Waals surface area contributed by atoms with Gasteiger partial charge in [0.1, 0.15) is 12.4 Å². The molecule has 0 amide bonds. The maximum atomic E-state index is 5.44. The number of nitrogens with zero attached hydrogens (tertiary/aromatic N) is 2. The monoisotopic (exact) mass is 308 g/mol. The normalized spacial score (nSPS) is 10.1. The minimum absolute atomic E-state index is 0.494. The number of hydrogen-bond donors (Lipinski definition) is 2. The molecule has 18 heavy (non-hydrogen) atoms. The van der Waals surface area contributed by atoms with Crippen molar-refractivity contribution in [1.82, 2.24) is 9.97 Å². The van der Waals surface area contributed by atoms with Crippen LogP contribution in [-0.2, 0) is 0 Å². The largest absolute Gasteiger partial charge is 0.492 e. The molecule has 0 atom stereocenters. The Morgan fingerprint density at radius 1 is 1.28 bits per heavy atom. The zero-order valence-corrected chi connectivity index (χ0v) is 11.2. The van der Waals surface area contributed by atoms with E-state index in [9.17, 15) is 0 Å². The Morgan fingerprint density at radius 2 is 2.06 bits per heavy atom. The highest BCUT2D eigenvalue weighted by molar-refractivity contribution is 9.10. The van der Waals surface area contributed by atoms with Crippen molar-refractivity contribution in [1.29, 1.82) is 0 Å². The van der Waals surface area contributed by atoms with Crippen molar-refractivity contribution in [3.05, 3.63) is 41.1 Å². The second kappa shape index (κ2) is 6.32. The van der Waals surface area contributed by atoms with Gasteiger partial charge < -0.3 is 15.8 Å². The molecular formula is C12H13BrN4O. The van der Waals surface area contributed by atoms with Gasteiger partial charge >= 0.3 is 0 Å². The molecule has 0 aliphatic rings. The second-order valence-electron chi connectivity index (χ2n) is 3.51. The van der Waals surface area contributed by atoms with Gasteiger partial charge in [0.15, 0.2) is 0 Å². The molecule has 0 spiro atoms. The molecule has 2 aromatic rings. The Bertz CT molecular complexity index is 504. The molecule has 1 aromatic carbocycles. The van der Waals surface area contributed by atoms with E-state index in [4.69, 9.17) is 10.5 Å². The lowest BCUT2D eigenvalue weighted by Gasteiger charge is -2.08. The molecule has 0 saturated heterocycles. The van der Waals surface area contributed by atoms with Gasteiger partial charge in [-0.2, -0.15) is 0 Å². The molecule has 0 radical (unpaired) electrons. The van der Waals surface area contributed by atoms with Crippen molar-refractivity contribution in [3.63, 3.8) is 0 Å². The number of hydrogen-bond acceptors (Lipinski definition) is 5. The third kappa shape index (κ3) is 3.68. The summed E-state index contributed by atoms with van der Waals surface area (Å²) in [6.45, 7) is 0.992. The van der Waals surface area contributed by atoms with Gasteiger partial charge in [-0.25, -0.2) is 9.97 Å². The van der Waals surface area contributed by atoms with Crippen molar-refractivity contribution >= 4 is 27.6 Å². The number of nitrogens with two attached hydrogens (primary N) is 1. The highest BCUT2D eigenvalue weighted by Crippen LogP contribution is 2.19. The fourth-order valence-corrected chi connectivity index (χ4v) is 1.55. The Balaban J connectivity index is 2.06. The Hall–Kier alpha value is -1.66. The van der Waals surface area contributed by atoms with Gasteiger partial charge in [0.05, 0.1) is 4.47 Å². The van der Waals surface area contributed by atoms with Crippen LogP contribution in [0.3, 0.4) is 0 Å². The molecule has 0 bridgehead atoms. The molecule has 5 nitrogen and oxygen atoms in total. The first-order valence-electron chi connectivity index (χ1n) is 5.45. The van der Waals surface area contributed by atoms with E-state index in [1.165, 1.54) is 0 Å². The van der Waals surface area contributed by atoms with Gasteiger partial charge in [0, 0.05) is 30.7 Å². The minimum atomic E-state index is 0.494. The predicted molar refractivity (Wildman–Crippen MR) is 74.0 cm³/mol. The van der Waals surface area contributed by atoms with E-state index in [-0.39, 0.29) is 0 Å². The second-order valence-corrected chi connectivity index (χ2v) is 4.43. The van der Waals surface area contributed by atoms with E-state index in [1.807, 2.05) is 24.3 Å². The smallest absolute Gasteiger partial charge is 0.227 e. The van der Waals surface area contributed by atoms with Crippen LogP contribution in [0.25, 0.3) is 0 Å². The van der Waals surface area contributed by atoms with E-state index in [2.05, 4.69) is 31.2 Å². The van der Waals surface area contributed by atoms with E-state index in [1.54, 1.807) is 12.4 Å². The molecular weight excluding hydrogens is 296 g/mol. The van der Waals surface area contributed by atoms with E-state index < -0.39 is 0 Å². The third-order valence-electron chi connectivity index (χ3n) is 2.10. The fourth-order valence-electron chi connectivity index (χ4n) is 1.35. The van der Waals surface area contributed by atoms with Gasteiger partial charge in [0.25, 0.3) is 0 Å². The predicted octanol–water partition coefficient (Wildman–Crippen LogP) is 2.32. The Kier molecular flexibility index (Phi) is 4.49. The van der Waals surface area contributed by atoms with Crippen LogP contribution in [0.5, 0.6) is 5.75 Å². The molecule has 0 aliphatic heterocycles. The Morgan fingerprint density at radius 3 is 2.78 bits per heavy atom. The summed E-state index contributed by atoms with van der Waals surface area (Å²) in [5, 5.41) is 3.09.